The quantitative estimate of drug-likeness (QED) is 0.630. The number of rotatable bonds is 7. The number of ether oxygens (including phenoxy) is 3. The van der Waals surface area contributed by atoms with Crippen LogP contribution in [0, 0.1) is 0 Å². The molecule has 136 valence electrons. The van der Waals surface area contributed by atoms with Gasteiger partial charge < -0.3 is 14.2 Å². The van der Waals surface area contributed by atoms with Crippen LogP contribution in [-0.4, -0.2) is 30.6 Å². The van der Waals surface area contributed by atoms with E-state index in [1.165, 1.54) is 11.7 Å². The number of methoxy groups -OCH3 is 2. The van der Waals surface area contributed by atoms with Gasteiger partial charge in [0.15, 0.2) is 17.3 Å². The van der Waals surface area contributed by atoms with Crippen LogP contribution < -0.4 is 20.0 Å². The van der Waals surface area contributed by atoms with Crippen molar-refractivity contribution in [2.45, 2.75) is 6.54 Å². The summed E-state index contributed by atoms with van der Waals surface area (Å²) in [5.41, 5.74) is 0.659. The van der Waals surface area contributed by atoms with E-state index in [2.05, 4.69) is 5.16 Å². The standard InChI is InChI=1S/C18H17ClN2O5/c1-23-15-8-7-12(11-16(15)24-2)17-20-26-18(22)21(17)9-10-25-14-6-4-3-5-13(14)19/h3-8,11H,9-10H2,1-2H3. The number of para-hydroxylation sites is 1. The van der Waals surface area contributed by atoms with Crippen LogP contribution in [0.1, 0.15) is 0 Å². The van der Waals surface area contributed by atoms with Gasteiger partial charge in [-0.1, -0.05) is 28.9 Å². The number of benzene rings is 2. The van der Waals surface area contributed by atoms with E-state index in [1.807, 2.05) is 12.1 Å². The topological polar surface area (TPSA) is 75.7 Å². The van der Waals surface area contributed by atoms with Crippen LogP contribution >= 0.6 is 11.6 Å². The van der Waals surface area contributed by atoms with Crippen LogP contribution in [0.25, 0.3) is 11.4 Å². The SMILES string of the molecule is COc1ccc(-c2noc(=O)n2CCOc2ccccc2Cl)cc1OC. The minimum absolute atomic E-state index is 0.227. The third-order valence-corrected chi connectivity index (χ3v) is 4.05. The molecule has 0 radical (unpaired) electrons. The monoisotopic (exact) mass is 376 g/mol. The Hall–Kier alpha value is -2.93. The molecular weight excluding hydrogens is 360 g/mol. The lowest BCUT2D eigenvalue weighted by atomic mass is 10.2. The van der Waals surface area contributed by atoms with Gasteiger partial charge in [0.1, 0.15) is 12.4 Å². The second-order valence-corrected chi connectivity index (χ2v) is 5.68. The lowest BCUT2D eigenvalue weighted by Gasteiger charge is -2.10. The summed E-state index contributed by atoms with van der Waals surface area (Å²) in [4.78, 5) is 12.0. The van der Waals surface area contributed by atoms with Gasteiger partial charge >= 0.3 is 5.76 Å². The zero-order chi connectivity index (χ0) is 18.5. The van der Waals surface area contributed by atoms with E-state index in [-0.39, 0.29) is 13.2 Å². The van der Waals surface area contributed by atoms with E-state index in [1.54, 1.807) is 37.4 Å². The maximum absolute atomic E-state index is 12.0. The maximum Gasteiger partial charge on any atom is 0.441 e. The third-order valence-electron chi connectivity index (χ3n) is 3.74. The predicted octanol–water partition coefficient (Wildman–Crippen LogP) is 3.25. The van der Waals surface area contributed by atoms with Crippen molar-refractivity contribution in [1.29, 1.82) is 0 Å². The predicted molar refractivity (Wildman–Crippen MR) is 96.3 cm³/mol. The number of aromatic nitrogens is 2. The molecule has 0 atom stereocenters. The van der Waals surface area contributed by atoms with Gasteiger partial charge in [-0.25, -0.2) is 4.79 Å². The highest BCUT2D eigenvalue weighted by atomic mass is 35.5. The molecule has 1 heterocycles. The molecule has 7 nitrogen and oxygen atoms in total. The lowest BCUT2D eigenvalue weighted by molar-refractivity contribution is 0.290. The fraction of sp³-hybridized carbons (Fsp3) is 0.222. The normalized spacial score (nSPS) is 10.6. The first-order chi connectivity index (χ1) is 12.6. The maximum atomic E-state index is 12.0. The molecule has 8 heteroatoms. The molecule has 0 unspecified atom stereocenters. The first kappa shape index (κ1) is 17.9. The van der Waals surface area contributed by atoms with Crippen LogP contribution in [0.4, 0.5) is 0 Å². The fourth-order valence-corrected chi connectivity index (χ4v) is 2.65. The molecule has 1 aromatic heterocycles. The Bertz CT molecular complexity index is 951. The highest BCUT2D eigenvalue weighted by Crippen LogP contribution is 2.31. The number of hydrogen-bond acceptors (Lipinski definition) is 6. The molecule has 0 spiro atoms. The Kier molecular flexibility index (Phi) is 5.48. The minimum atomic E-state index is -0.572. The van der Waals surface area contributed by atoms with Crippen molar-refractivity contribution in [3.05, 3.63) is 58.0 Å². The number of hydrogen-bond donors (Lipinski definition) is 0. The number of nitrogens with zero attached hydrogens (tertiary/aromatic N) is 2. The molecule has 0 amide bonds. The zero-order valence-electron chi connectivity index (χ0n) is 14.3. The van der Waals surface area contributed by atoms with Crippen LogP contribution in [0.15, 0.2) is 51.8 Å². The fourth-order valence-electron chi connectivity index (χ4n) is 2.46. The average Bonchev–Trinajstić information content (AvgIpc) is 3.03. The lowest BCUT2D eigenvalue weighted by Crippen LogP contribution is -2.19. The highest BCUT2D eigenvalue weighted by Gasteiger charge is 2.15. The van der Waals surface area contributed by atoms with Gasteiger partial charge in [-0.15, -0.1) is 0 Å². The van der Waals surface area contributed by atoms with Crippen molar-refractivity contribution in [3.8, 4) is 28.6 Å². The molecule has 0 aliphatic carbocycles. The van der Waals surface area contributed by atoms with Crippen molar-refractivity contribution < 1.29 is 18.7 Å². The Morgan fingerprint density at radius 2 is 1.85 bits per heavy atom. The van der Waals surface area contributed by atoms with E-state index in [0.717, 1.165) is 0 Å². The summed E-state index contributed by atoms with van der Waals surface area (Å²) in [6, 6.07) is 12.4. The molecule has 26 heavy (non-hydrogen) atoms. The summed E-state index contributed by atoms with van der Waals surface area (Å²) in [6.07, 6.45) is 0. The van der Waals surface area contributed by atoms with Gasteiger partial charge in [-0.3, -0.25) is 9.09 Å². The molecule has 0 bridgehead atoms. The second-order valence-electron chi connectivity index (χ2n) is 5.27. The molecule has 3 aromatic rings. The van der Waals surface area contributed by atoms with E-state index in [0.29, 0.717) is 33.7 Å². The second kappa shape index (κ2) is 7.97. The van der Waals surface area contributed by atoms with Gasteiger partial charge in [-0.2, -0.15) is 0 Å². The number of halogens is 1. The summed E-state index contributed by atoms with van der Waals surface area (Å²) >= 11 is 6.06. The Labute approximate surface area is 154 Å². The van der Waals surface area contributed by atoms with E-state index in [9.17, 15) is 4.79 Å². The summed E-state index contributed by atoms with van der Waals surface area (Å²) < 4.78 is 22.3. The van der Waals surface area contributed by atoms with Gasteiger partial charge in [0.2, 0.25) is 0 Å². The first-order valence-electron chi connectivity index (χ1n) is 7.80. The largest absolute Gasteiger partial charge is 0.493 e. The van der Waals surface area contributed by atoms with Crippen molar-refractivity contribution >= 4 is 11.6 Å². The molecular formula is C18H17ClN2O5. The van der Waals surface area contributed by atoms with E-state index >= 15 is 0 Å². The van der Waals surface area contributed by atoms with E-state index < -0.39 is 5.76 Å². The summed E-state index contributed by atoms with van der Waals surface area (Å²) in [6.45, 7) is 0.475. The van der Waals surface area contributed by atoms with Crippen molar-refractivity contribution in [2.75, 3.05) is 20.8 Å². The van der Waals surface area contributed by atoms with Crippen molar-refractivity contribution in [1.82, 2.24) is 9.72 Å². The molecule has 2 aromatic carbocycles. The summed E-state index contributed by atoms with van der Waals surface area (Å²) in [5, 5.41) is 4.36. The molecule has 0 aliphatic heterocycles. The molecule has 0 fully saturated rings. The first-order valence-corrected chi connectivity index (χ1v) is 8.18. The highest BCUT2D eigenvalue weighted by molar-refractivity contribution is 6.32. The Balaban J connectivity index is 1.81. The minimum Gasteiger partial charge on any atom is -0.493 e. The van der Waals surface area contributed by atoms with Gasteiger partial charge in [0, 0.05) is 5.56 Å². The van der Waals surface area contributed by atoms with Gasteiger partial charge in [0.25, 0.3) is 0 Å². The Morgan fingerprint density at radius 3 is 2.58 bits per heavy atom. The molecule has 0 aliphatic rings. The van der Waals surface area contributed by atoms with E-state index in [4.69, 9.17) is 30.3 Å². The Morgan fingerprint density at radius 1 is 1.08 bits per heavy atom. The molecule has 3 rings (SSSR count). The summed E-state index contributed by atoms with van der Waals surface area (Å²) in [7, 11) is 3.09. The summed E-state index contributed by atoms with van der Waals surface area (Å²) in [5.74, 6) is 1.46. The van der Waals surface area contributed by atoms with Gasteiger partial charge in [-0.05, 0) is 30.3 Å². The molecule has 0 N–H and O–H groups in total. The van der Waals surface area contributed by atoms with Crippen molar-refractivity contribution in [3.63, 3.8) is 0 Å². The molecule has 0 saturated heterocycles. The van der Waals surface area contributed by atoms with Crippen LogP contribution in [-0.2, 0) is 6.54 Å². The van der Waals surface area contributed by atoms with Crippen molar-refractivity contribution in [2.24, 2.45) is 0 Å². The smallest absolute Gasteiger partial charge is 0.441 e. The zero-order valence-corrected chi connectivity index (χ0v) is 15.0. The van der Waals surface area contributed by atoms with Crippen LogP contribution in [0.2, 0.25) is 5.02 Å². The van der Waals surface area contributed by atoms with Crippen LogP contribution in [0.5, 0.6) is 17.2 Å². The van der Waals surface area contributed by atoms with Gasteiger partial charge in [0.05, 0.1) is 25.8 Å². The van der Waals surface area contributed by atoms with Crippen LogP contribution in [0.3, 0.4) is 0 Å². The molecule has 0 saturated carbocycles. The average molecular weight is 377 g/mol. The third kappa shape index (κ3) is 3.67.